The average Bonchev–Trinajstić information content (AvgIpc) is 2.04. The first-order valence-corrected chi connectivity index (χ1v) is 5.16. The van der Waals surface area contributed by atoms with Crippen LogP contribution in [0.2, 0.25) is 0 Å². The predicted molar refractivity (Wildman–Crippen MR) is 57.9 cm³/mol. The minimum atomic E-state index is 0.610. The highest BCUT2D eigenvalue weighted by Gasteiger charge is 2.02. The Morgan fingerprint density at radius 1 is 1.58 bits per heavy atom. The van der Waals surface area contributed by atoms with Crippen molar-refractivity contribution in [1.82, 2.24) is 0 Å². The minimum absolute atomic E-state index is 0.610. The third-order valence-electron chi connectivity index (χ3n) is 1.86. The highest BCUT2D eigenvalue weighted by Crippen LogP contribution is 2.05. The molecule has 0 saturated heterocycles. The average molecular weight is 188 g/mol. The summed E-state index contributed by atoms with van der Waals surface area (Å²) in [6.45, 7) is 9.66. The molecule has 0 aliphatic rings. The molecule has 72 valence electrons. The van der Waals surface area contributed by atoms with Gasteiger partial charge in [-0.1, -0.05) is 18.9 Å². The topological polar surface area (TPSA) is 9.23 Å². The number of hydrogen-bond acceptors (Lipinski definition) is 2. The largest absolute Gasteiger partial charge is 0.381 e. The maximum Gasteiger partial charge on any atom is 0.0503 e. The molecule has 0 radical (unpaired) electrons. The number of ether oxygens (including phenoxy) is 1. The Morgan fingerprint density at radius 2 is 2.25 bits per heavy atom. The molecule has 0 aromatic carbocycles. The number of thiol groups is 1. The molecule has 0 amide bonds. The van der Waals surface area contributed by atoms with Crippen LogP contribution < -0.4 is 0 Å². The van der Waals surface area contributed by atoms with Crippen LogP contribution in [-0.4, -0.2) is 19.0 Å². The normalized spacial score (nSPS) is 12.9. The number of hydrogen-bond donors (Lipinski definition) is 1. The van der Waals surface area contributed by atoms with Crippen LogP contribution in [0.3, 0.4) is 0 Å². The molecular formula is C10H20OS. The third-order valence-corrected chi connectivity index (χ3v) is 2.38. The van der Waals surface area contributed by atoms with Gasteiger partial charge in [-0.3, -0.25) is 0 Å². The smallest absolute Gasteiger partial charge is 0.0503 e. The van der Waals surface area contributed by atoms with Crippen LogP contribution in [-0.2, 0) is 4.74 Å². The van der Waals surface area contributed by atoms with E-state index < -0.39 is 0 Å². The molecule has 0 saturated carbocycles. The van der Waals surface area contributed by atoms with Crippen LogP contribution in [0.1, 0.15) is 26.7 Å². The van der Waals surface area contributed by atoms with E-state index in [0.29, 0.717) is 5.92 Å². The van der Waals surface area contributed by atoms with Crippen molar-refractivity contribution in [1.29, 1.82) is 0 Å². The van der Waals surface area contributed by atoms with Crippen LogP contribution >= 0.6 is 12.6 Å². The molecule has 1 nitrogen and oxygen atoms in total. The molecule has 0 aromatic heterocycles. The maximum absolute atomic E-state index is 5.48. The summed E-state index contributed by atoms with van der Waals surface area (Å²) < 4.78 is 5.48. The summed E-state index contributed by atoms with van der Waals surface area (Å²) in [6.07, 6.45) is 2.12. The van der Waals surface area contributed by atoms with E-state index in [-0.39, 0.29) is 0 Å². The van der Waals surface area contributed by atoms with Crippen molar-refractivity contribution < 1.29 is 4.74 Å². The van der Waals surface area contributed by atoms with Crippen molar-refractivity contribution in [2.75, 3.05) is 19.0 Å². The van der Waals surface area contributed by atoms with Gasteiger partial charge in [-0.15, -0.1) is 6.58 Å². The lowest BCUT2D eigenvalue weighted by Gasteiger charge is -2.11. The van der Waals surface area contributed by atoms with Crippen LogP contribution in [0.25, 0.3) is 0 Å². The van der Waals surface area contributed by atoms with Crippen molar-refractivity contribution in [2.24, 2.45) is 5.92 Å². The first-order chi connectivity index (χ1) is 5.70. The molecule has 1 atom stereocenters. The lowest BCUT2D eigenvalue weighted by atomic mass is 10.1. The van der Waals surface area contributed by atoms with E-state index >= 15 is 0 Å². The standard InChI is InChI=1S/C10H20OS/c1-4-10(8-12)7-11-6-5-9(2)3/h10,12H,2,4-8H2,1,3H3. The molecule has 0 bridgehead atoms. The Balaban J connectivity index is 3.23. The zero-order chi connectivity index (χ0) is 9.40. The van der Waals surface area contributed by atoms with Gasteiger partial charge < -0.3 is 4.74 Å². The fourth-order valence-corrected chi connectivity index (χ4v) is 1.16. The quantitative estimate of drug-likeness (QED) is 0.367. The van der Waals surface area contributed by atoms with Crippen molar-refractivity contribution in [3.63, 3.8) is 0 Å². The summed E-state index contributed by atoms with van der Waals surface area (Å²) in [4.78, 5) is 0. The summed E-state index contributed by atoms with van der Waals surface area (Å²) in [5.41, 5.74) is 1.19. The summed E-state index contributed by atoms with van der Waals surface area (Å²) in [6, 6.07) is 0. The Kier molecular flexibility index (Phi) is 7.72. The fraction of sp³-hybridized carbons (Fsp3) is 0.800. The molecule has 0 aromatic rings. The molecule has 0 aliphatic heterocycles. The summed E-state index contributed by atoms with van der Waals surface area (Å²) in [7, 11) is 0. The lowest BCUT2D eigenvalue weighted by molar-refractivity contribution is 0.108. The van der Waals surface area contributed by atoms with Gasteiger partial charge in [-0.2, -0.15) is 12.6 Å². The first-order valence-electron chi connectivity index (χ1n) is 4.53. The second-order valence-electron chi connectivity index (χ2n) is 3.24. The van der Waals surface area contributed by atoms with E-state index in [2.05, 4.69) is 26.1 Å². The molecule has 1 unspecified atom stereocenters. The Hall–Kier alpha value is 0.0500. The monoisotopic (exact) mass is 188 g/mol. The molecule has 0 aliphatic carbocycles. The van der Waals surface area contributed by atoms with Gasteiger partial charge in [0.05, 0.1) is 13.2 Å². The molecule has 0 heterocycles. The van der Waals surface area contributed by atoms with Crippen molar-refractivity contribution in [3.05, 3.63) is 12.2 Å². The first kappa shape index (κ1) is 12.0. The molecular weight excluding hydrogens is 168 g/mol. The van der Waals surface area contributed by atoms with Gasteiger partial charge in [-0.25, -0.2) is 0 Å². The van der Waals surface area contributed by atoms with Crippen LogP contribution in [0.5, 0.6) is 0 Å². The van der Waals surface area contributed by atoms with E-state index in [0.717, 1.165) is 31.8 Å². The lowest BCUT2D eigenvalue weighted by Crippen LogP contribution is -2.10. The van der Waals surface area contributed by atoms with Crippen LogP contribution in [0.4, 0.5) is 0 Å². The molecule has 12 heavy (non-hydrogen) atoms. The zero-order valence-corrected chi connectivity index (χ0v) is 9.07. The third kappa shape index (κ3) is 6.74. The number of rotatable bonds is 7. The Morgan fingerprint density at radius 3 is 2.67 bits per heavy atom. The second kappa shape index (κ2) is 7.69. The van der Waals surface area contributed by atoms with Gasteiger partial charge in [0, 0.05) is 0 Å². The van der Waals surface area contributed by atoms with E-state index in [1.54, 1.807) is 0 Å². The molecule has 0 fully saturated rings. The highest BCUT2D eigenvalue weighted by atomic mass is 32.1. The second-order valence-corrected chi connectivity index (χ2v) is 3.60. The Bertz CT molecular complexity index is 119. The van der Waals surface area contributed by atoms with Gasteiger partial charge >= 0.3 is 0 Å². The van der Waals surface area contributed by atoms with Crippen molar-refractivity contribution in [2.45, 2.75) is 26.7 Å². The van der Waals surface area contributed by atoms with E-state index in [9.17, 15) is 0 Å². The van der Waals surface area contributed by atoms with Gasteiger partial charge in [0.15, 0.2) is 0 Å². The molecule has 0 spiro atoms. The summed E-state index contributed by atoms with van der Waals surface area (Å²) in [5.74, 6) is 1.53. The van der Waals surface area contributed by atoms with Crippen LogP contribution in [0, 0.1) is 5.92 Å². The van der Waals surface area contributed by atoms with Gasteiger partial charge in [0.25, 0.3) is 0 Å². The van der Waals surface area contributed by atoms with Gasteiger partial charge in [0.1, 0.15) is 0 Å². The fourth-order valence-electron chi connectivity index (χ4n) is 0.796. The SMILES string of the molecule is C=C(C)CCOCC(CC)CS. The minimum Gasteiger partial charge on any atom is -0.381 e. The van der Waals surface area contributed by atoms with Crippen molar-refractivity contribution >= 4 is 12.6 Å². The summed E-state index contributed by atoms with van der Waals surface area (Å²) >= 11 is 4.24. The predicted octanol–water partition coefficient (Wildman–Crippen LogP) is 2.93. The van der Waals surface area contributed by atoms with E-state index in [1.165, 1.54) is 5.57 Å². The van der Waals surface area contributed by atoms with Gasteiger partial charge in [-0.05, 0) is 25.0 Å². The summed E-state index contributed by atoms with van der Waals surface area (Å²) in [5, 5.41) is 0. The Labute approximate surface area is 81.6 Å². The van der Waals surface area contributed by atoms with Crippen LogP contribution in [0.15, 0.2) is 12.2 Å². The molecule has 0 rings (SSSR count). The van der Waals surface area contributed by atoms with E-state index in [1.807, 2.05) is 6.92 Å². The van der Waals surface area contributed by atoms with Gasteiger partial charge in [0.2, 0.25) is 0 Å². The molecule has 2 heteroatoms. The zero-order valence-electron chi connectivity index (χ0n) is 8.18. The van der Waals surface area contributed by atoms with E-state index in [4.69, 9.17) is 4.74 Å². The molecule has 0 N–H and O–H groups in total. The van der Waals surface area contributed by atoms with Crippen molar-refractivity contribution in [3.8, 4) is 0 Å². The maximum atomic E-state index is 5.48. The highest BCUT2D eigenvalue weighted by molar-refractivity contribution is 7.80.